The van der Waals surface area contributed by atoms with E-state index in [1.807, 2.05) is 54.6 Å². The predicted octanol–water partition coefficient (Wildman–Crippen LogP) is 1.60. The zero-order valence-corrected chi connectivity index (χ0v) is 13.4. The predicted molar refractivity (Wildman–Crippen MR) is 91.5 cm³/mol. The Kier molecular flexibility index (Phi) is 5.46. The Balaban J connectivity index is 1.50. The van der Waals surface area contributed by atoms with Gasteiger partial charge < -0.3 is 20.5 Å². The van der Waals surface area contributed by atoms with Crippen LogP contribution in [0.2, 0.25) is 0 Å². The highest BCUT2D eigenvalue weighted by Gasteiger charge is 2.27. The number of hydrogen-bond donors (Lipinski definition) is 3. The molecule has 0 unspecified atom stereocenters. The van der Waals surface area contributed by atoms with Crippen LogP contribution in [0.15, 0.2) is 54.6 Å². The molecule has 0 aliphatic carbocycles. The van der Waals surface area contributed by atoms with Crippen LogP contribution >= 0.6 is 0 Å². The molecule has 1 saturated heterocycles. The van der Waals surface area contributed by atoms with Gasteiger partial charge in [0.2, 0.25) is 5.91 Å². The third kappa shape index (κ3) is 4.57. The summed E-state index contributed by atoms with van der Waals surface area (Å²) in [7, 11) is 0. The van der Waals surface area contributed by atoms with Gasteiger partial charge in [0.25, 0.3) is 0 Å². The molecule has 2 aromatic rings. The minimum atomic E-state index is -0.435. The first kappa shape index (κ1) is 16.5. The van der Waals surface area contributed by atoms with Gasteiger partial charge in [-0.2, -0.15) is 0 Å². The van der Waals surface area contributed by atoms with Crippen molar-refractivity contribution >= 4 is 5.91 Å². The molecule has 2 aromatic carbocycles. The molecule has 5 heteroatoms. The SMILES string of the molecule is O=C(NCc1cccc(OCc2ccccc2)c1)[C@H]1C[C@@H](O)CN1. The van der Waals surface area contributed by atoms with Gasteiger partial charge in [0.1, 0.15) is 12.4 Å². The molecular weight excluding hydrogens is 304 g/mol. The zero-order chi connectivity index (χ0) is 16.8. The Hall–Kier alpha value is -2.37. The number of hydrogen-bond acceptors (Lipinski definition) is 4. The number of ether oxygens (including phenoxy) is 1. The molecule has 3 N–H and O–H groups in total. The second-order valence-corrected chi connectivity index (χ2v) is 5.99. The van der Waals surface area contributed by atoms with E-state index >= 15 is 0 Å². The van der Waals surface area contributed by atoms with Crippen LogP contribution in [0.5, 0.6) is 5.75 Å². The van der Waals surface area contributed by atoms with Crippen molar-refractivity contribution in [3.05, 3.63) is 65.7 Å². The Bertz CT molecular complexity index is 675. The van der Waals surface area contributed by atoms with E-state index in [2.05, 4.69) is 10.6 Å². The summed E-state index contributed by atoms with van der Waals surface area (Å²) >= 11 is 0. The lowest BCUT2D eigenvalue weighted by molar-refractivity contribution is -0.123. The molecule has 24 heavy (non-hydrogen) atoms. The Labute approximate surface area is 141 Å². The maximum Gasteiger partial charge on any atom is 0.237 e. The topological polar surface area (TPSA) is 70.6 Å². The highest BCUT2D eigenvalue weighted by molar-refractivity contribution is 5.82. The molecule has 0 bridgehead atoms. The van der Waals surface area contributed by atoms with Crippen molar-refractivity contribution < 1.29 is 14.6 Å². The van der Waals surface area contributed by atoms with Gasteiger partial charge in [-0.25, -0.2) is 0 Å². The van der Waals surface area contributed by atoms with Crippen LogP contribution in [0, 0.1) is 0 Å². The Morgan fingerprint density at radius 2 is 1.96 bits per heavy atom. The number of aliphatic hydroxyl groups is 1. The summed E-state index contributed by atoms with van der Waals surface area (Å²) in [6, 6.07) is 17.4. The van der Waals surface area contributed by atoms with E-state index in [9.17, 15) is 9.90 Å². The van der Waals surface area contributed by atoms with Crippen LogP contribution < -0.4 is 15.4 Å². The number of benzene rings is 2. The van der Waals surface area contributed by atoms with Gasteiger partial charge in [0, 0.05) is 13.1 Å². The lowest BCUT2D eigenvalue weighted by Crippen LogP contribution is -2.39. The molecule has 1 amide bonds. The standard InChI is InChI=1S/C19H22N2O3/c22-16-10-18(20-12-16)19(23)21-11-15-7-4-8-17(9-15)24-13-14-5-2-1-3-6-14/h1-9,16,18,20,22H,10-13H2,(H,21,23)/t16-,18-/m1/s1. The van der Waals surface area contributed by atoms with Crippen molar-refractivity contribution in [1.29, 1.82) is 0 Å². The number of nitrogens with one attached hydrogen (secondary N) is 2. The quantitative estimate of drug-likeness (QED) is 0.754. The first-order valence-corrected chi connectivity index (χ1v) is 8.15. The van der Waals surface area contributed by atoms with Gasteiger partial charge in [0.05, 0.1) is 12.1 Å². The molecule has 1 heterocycles. The van der Waals surface area contributed by atoms with Crippen molar-refractivity contribution in [3.63, 3.8) is 0 Å². The van der Waals surface area contributed by atoms with E-state index in [0.29, 0.717) is 26.1 Å². The number of carbonyl (C=O) groups is 1. The molecule has 0 spiro atoms. The molecule has 0 radical (unpaired) electrons. The first-order chi connectivity index (χ1) is 11.7. The molecule has 0 aromatic heterocycles. The fourth-order valence-corrected chi connectivity index (χ4v) is 2.72. The second kappa shape index (κ2) is 7.95. The largest absolute Gasteiger partial charge is 0.489 e. The van der Waals surface area contributed by atoms with E-state index in [1.54, 1.807) is 0 Å². The number of carbonyl (C=O) groups excluding carboxylic acids is 1. The molecule has 1 aliphatic heterocycles. The highest BCUT2D eigenvalue weighted by atomic mass is 16.5. The van der Waals surface area contributed by atoms with Crippen molar-refractivity contribution in [2.45, 2.75) is 31.7 Å². The van der Waals surface area contributed by atoms with E-state index in [1.165, 1.54) is 0 Å². The summed E-state index contributed by atoms with van der Waals surface area (Å²) in [5.41, 5.74) is 2.09. The minimum Gasteiger partial charge on any atom is -0.489 e. The molecule has 0 saturated carbocycles. The average molecular weight is 326 g/mol. The average Bonchev–Trinajstić information content (AvgIpc) is 3.06. The van der Waals surface area contributed by atoms with Gasteiger partial charge in [0.15, 0.2) is 0 Å². The van der Waals surface area contributed by atoms with Crippen molar-refractivity contribution in [2.75, 3.05) is 6.54 Å². The summed E-state index contributed by atoms with van der Waals surface area (Å²) in [5, 5.41) is 15.4. The third-order valence-corrected chi connectivity index (χ3v) is 4.04. The fourth-order valence-electron chi connectivity index (χ4n) is 2.72. The zero-order valence-electron chi connectivity index (χ0n) is 13.4. The maximum atomic E-state index is 12.0. The number of aliphatic hydroxyl groups excluding tert-OH is 1. The normalized spacial score (nSPS) is 19.9. The summed E-state index contributed by atoms with van der Waals surface area (Å²) in [5.74, 6) is 0.696. The van der Waals surface area contributed by atoms with Crippen molar-refractivity contribution in [1.82, 2.24) is 10.6 Å². The molecule has 2 atom stereocenters. The summed E-state index contributed by atoms with van der Waals surface area (Å²) in [4.78, 5) is 12.0. The fraction of sp³-hybridized carbons (Fsp3) is 0.316. The summed E-state index contributed by atoms with van der Waals surface area (Å²) in [6.45, 7) is 1.43. The molecule has 3 rings (SSSR count). The highest BCUT2D eigenvalue weighted by Crippen LogP contribution is 2.15. The summed E-state index contributed by atoms with van der Waals surface area (Å²) in [6.07, 6.45) is 0.0296. The van der Waals surface area contributed by atoms with Crippen LogP contribution in [-0.2, 0) is 17.9 Å². The second-order valence-electron chi connectivity index (χ2n) is 5.99. The van der Waals surface area contributed by atoms with E-state index < -0.39 is 6.10 Å². The van der Waals surface area contributed by atoms with E-state index in [4.69, 9.17) is 4.74 Å². The number of amides is 1. The van der Waals surface area contributed by atoms with Gasteiger partial charge in [-0.3, -0.25) is 4.79 Å². The van der Waals surface area contributed by atoms with Gasteiger partial charge in [-0.15, -0.1) is 0 Å². The monoisotopic (exact) mass is 326 g/mol. The smallest absolute Gasteiger partial charge is 0.237 e. The number of rotatable bonds is 6. The first-order valence-electron chi connectivity index (χ1n) is 8.15. The molecule has 1 fully saturated rings. The third-order valence-electron chi connectivity index (χ3n) is 4.04. The van der Waals surface area contributed by atoms with E-state index in [-0.39, 0.29) is 11.9 Å². The lowest BCUT2D eigenvalue weighted by atomic mass is 10.1. The minimum absolute atomic E-state index is 0.0813. The lowest BCUT2D eigenvalue weighted by Gasteiger charge is -2.12. The van der Waals surface area contributed by atoms with Crippen LogP contribution in [0.1, 0.15) is 17.5 Å². The summed E-state index contributed by atoms with van der Waals surface area (Å²) < 4.78 is 5.80. The van der Waals surface area contributed by atoms with Crippen LogP contribution in [0.3, 0.4) is 0 Å². The van der Waals surface area contributed by atoms with Gasteiger partial charge in [-0.05, 0) is 29.7 Å². The Morgan fingerprint density at radius 3 is 2.71 bits per heavy atom. The molecule has 126 valence electrons. The van der Waals surface area contributed by atoms with E-state index in [0.717, 1.165) is 16.9 Å². The number of β-amino-alcohol motifs (C(OH)–C–C–N with tert-alkyl or cyclic N) is 1. The molecule has 1 aliphatic rings. The van der Waals surface area contributed by atoms with Crippen molar-refractivity contribution in [3.8, 4) is 5.75 Å². The molecule has 5 nitrogen and oxygen atoms in total. The van der Waals surface area contributed by atoms with Crippen molar-refractivity contribution in [2.24, 2.45) is 0 Å². The van der Waals surface area contributed by atoms with Gasteiger partial charge >= 0.3 is 0 Å². The van der Waals surface area contributed by atoms with Crippen LogP contribution in [0.25, 0.3) is 0 Å². The maximum absolute atomic E-state index is 12.0. The van der Waals surface area contributed by atoms with Crippen LogP contribution in [-0.4, -0.2) is 29.7 Å². The van der Waals surface area contributed by atoms with Crippen LogP contribution in [0.4, 0.5) is 0 Å². The molecular formula is C19H22N2O3. The Morgan fingerprint density at radius 1 is 1.17 bits per heavy atom. The van der Waals surface area contributed by atoms with Gasteiger partial charge in [-0.1, -0.05) is 42.5 Å².